The van der Waals surface area contributed by atoms with E-state index in [9.17, 15) is 14.4 Å². The zero-order valence-corrected chi connectivity index (χ0v) is 50.6. The van der Waals surface area contributed by atoms with E-state index in [4.69, 9.17) is 111 Å². The first kappa shape index (κ1) is 83.0. The molecule has 0 aliphatic carbocycles. The van der Waals surface area contributed by atoms with E-state index in [-0.39, 0.29) is 44.6 Å². The number of carbonyl (C=O) groups excluding carboxylic acids is 3. The Morgan fingerprint density at radius 1 is 0.309 bits per heavy atom. The van der Waals surface area contributed by atoms with Crippen LogP contribution in [0.3, 0.4) is 0 Å². The van der Waals surface area contributed by atoms with Crippen molar-refractivity contribution in [3.05, 3.63) is 0 Å². The number of esters is 2. The molecule has 0 amide bonds. The number of aliphatic hydroxyl groups is 2. The molecular weight excluding hydrogens is 1070 g/mol. The van der Waals surface area contributed by atoms with Gasteiger partial charge in [-0.15, -0.1) is 0 Å². The Bertz CT molecular complexity index is 1230. The van der Waals surface area contributed by atoms with Crippen molar-refractivity contribution in [2.24, 2.45) is 5.73 Å². The van der Waals surface area contributed by atoms with Crippen LogP contribution in [0.2, 0.25) is 0 Å². The van der Waals surface area contributed by atoms with E-state index >= 15 is 0 Å². The van der Waals surface area contributed by atoms with Crippen molar-refractivity contribution in [3.63, 3.8) is 0 Å². The summed E-state index contributed by atoms with van der Waals surface area (Å²) >= 11 is 0. The molecule has 0 spiro atoms. The van der Waals surface area contributed by atoms with E-state index in [2.05, 4.69) is 0 Å². The van der Waals surface area contributed by atoms with E-state index in [1.165, 1.54) is 0 Å². The van der Waals surface area contributed by atoms with Crippen LogP contribution in [0.1, 0.15) is 73.6 Å². The molecule has 26 nitrogen and oxygen atoms in total. The Morgan fingerprint density at radius 2 is 0.519 bits per heavy atom. The van der Waals surface area contributed by atoms with Crippen molar-refractivity contribution in [2.75, 3.05) is 258 Å². The topological polar surface area (TPSA) is 302 Å². The molecule has 0 fully saturated rings. The van der Waals surface area contributed by atoms with Gasteiger partial charge in [0, 0.05) is 19.8 Å². The molecule has 0 aromatic rings. The van der Waals surface area contributed by atoms with Crippen LogP contribution in [-0.4, -0.2) is 297 Å². The lowest BCUT2D eigenvalue weighted by Gasteiger charge is -2.19. The van der Waals surface area contributed by atoms with Gasteiger partial charge in [-0.3, -0.25) is 9.59 Å². The van der Waals surface area contributed by atoms with Gasteiger partial charge in [0.05, 0.1) is 244 Å². The van der Waals surface area contributed by atoms with Crippen LogP contribution in [-0.2, 0) is 109 Å². The average molecular weight is 1190 g/mol. The van der Waals surface area contributed by atoms with Gasteiger partial charge >= 0.3 is 11.9 Å². The van der Waals surface area contributed by atoms with Crippen molar-refractivity contribution in [2.45, 2.75) is 84.8 Å². The zero-order chi connectivity index (χ0) is 60.1. The maximum Gasteiger partial charge on any atom is 0.308 e. The predicted octanol–water partition coefficient (Wildman–Crippen LogP) is 2.03. The number of nitrogens with two attached hydrogens (primary N) is 1. The minimum absolute atomic E-state index is 0.0786. The SMILES string of the molecule is CC(C)(C)OC(=O)CCOCCOCCOCCOCCOCCOCCOCCOCC=O.CC(C)(C)OC(=O)CCOCCOCCOCCOCCOCCOCCOCCOCCCCCOCCO.NCCOCCO. The summed E-state index contributed by atoms with van der Waals surface area (Å²) < 4.78 is 106. The Balaban J connectivity index is -0.00000135. The molecule has 26 heteroatoms. The van der Waals surface area contributed by atoms with Gasteiger partial charge in [0.2, 0.25) is 0 Å². The highest BCUT2D eigenvalue weighted by molar-refractivity contribution is 5.70. The minimum Gasteiger partial charge on any atom is -0.460 e. The number of unbranched alkanes of at least 4 members (excludes halogenated alkanes) is 2. The lowest BCUT2D eigenvalue weighted by Crippen LogP contribution is -2.24. The van der Waals surface area contributed by atoms with Gasteiger partial charge in [0.1, 0.15) is 24.1 Å². The van der Waals surface area contributed by atoms with Crippen LogP contribution >= 0.6 is 0 Å². The van der Waals surface area contributed by atoms with E-state index in [0.29, 0.717) is 237 Å². The number of hydrogen-bond acceptors (Lipinski definition) is 26. The van der Waals surface area contributed by atoms with Gasteiger partial charge < -0.3 is 115 Å². The standard InChI is InChI=1S/C28H56O12.C23H44O11.C4H11NO2/c1-28(2,3)40-27(30)7-11-33-14-16-35-18-20-37-22-24-39-26-25-38-23-21-36-19-17-34-15-13-32-10-6-4-5-9-31-12-8-29;1-23(2,3)34-22(25)4-6-26-8-10-28-12-14-30-16-18-32-20-21-33-19-17-31-15-13-29-11-9-27-7-5-24;5-1-3-7-4-2-6/h29H,4-26H2,1-3H3;5H,4,6-21H2,1-3H3;6H,1-5H2. The average Bonchev–Trinajstić information content (AvgIpc) is 3.42. The summed E-state index contributed by atoms with van der Waals surface area (Å²) in [6.07, 6.45) is 4.21. The lowest BCUT2D eigenvalue weighted by molar-refractivity contribution is -0.157. The smallest absolute Gasteiger partial charge is 0.308 e. The second-order valence-electron chi connectivity index (χ2n) is 18.6. The fraction of sp³-hybridized carbons (Fsp3) is 0.945. The molecule has 0 aromatic heterocycles. The Hall–Kier alpha value is -2.23. The molecule has 486 valence electrons. The Labute approximate surface area is 484 Å². The molecule has 0 aliphatic rings. The molecule has 0 aromatic carbocycles. The molecule has 0 aliphatic heterocycles. The van der Waals surface area contributed by atoms with Crippen LogP contribution in [0.25, 0.3) is 0 Å². The van der Waals surface area contributed by atoms with Crippen LogP contribution in [0, 0.1) is 0 Å². The van der Waals surface area contributed by atoms with E-state index in [1.807, 2.05) is 41.5 Å². The van der Waals surface area contributed by atoms with Crippen molar-refractivity contribution in [1.82, 2.24) is 0 Å². The first-order valence-corrected chi connectivity index (χ1v) is 28.5. The van der Waals surface area contributed by atoms with Gasteiger partial charge in [-0.25, -0.2) is 0 Å². The maximum atomic E-state index is 11.5. The number of aliphatic hydroxyl groups excluding tert-OH is 2. The van der Waals surface area contributed by atoms with Gasteiger partial charge in [-0.2, -0.15) is 0 Å². The van der Waals surface area contributed by atoms with Crippen molar-refractivity contribution in [1.29, 1.82) is 0 Å². The fourth-order valence-corrected chi connectivity index (χ4v) is 5.41. The van der Waals surface area contributed by atoms with Gasteiger partial charge in [-0.1, -0.05) is 0 Å². The highest BCUT2D eigenvalue weighted by Crippen LogP contribution is 2.09. The Morgan fingerprint density at radius 3 is 0.741 bits per heavy atom. The molecule has 0 bridgehead atoms. The van der Waals surface area contributed by atoms with E-state index in [1.54, 1.807) is 0 Å². The highest BCUT2D eigenvalue weighted by Gasteiger charge is 2.16. The second-order valence-corrected chi connectivity index (χ2v) is 18.6. The summed E-state index contributed by atoms with van der Waals surface area (Å²) in [6, 6.07) is 0. The molecule has 0 unspecified atom stereocenters. The summed E-state index contributed by atoms with van der Waals surface area (Å²) in [5.74, 6) is -0.528. The first-order chi connectivity index (χ1) is 39.3. The third kappa shape index (κ3) is 86.7. The van der Waals surface area contributed by atoms with Crippen molar-refractivity contribution < 1.29 is 119 Å². The second kappa shape index (κ2) is 70.3. The van der Waals surface area contributed by atoms with Crippen LogP contribution in [0.4, 0.5) is 0 Å². The summed E-state index contributed by atoms with van der Waals surface area (Å²) in [5.41, 5.74) is 4.12. The molecule has 0 saturated carbocycles. The molecule has 81 heavy (non-hydrogen) atoms. The number of aldehydes is 1. The number of ether oxygens (including phenoxy) is 20. The number of carbonyl (C=O) groups is 3. The molecule has 4 N–H and O–H groups in total. The van der Waals surface area contributed by atoms with Gasteiger partial charge in [0.25, 0.3) is 0 Å². The third-order valence-corrected chi connectivity index (χ3v) is 8.95. The predicted molar refractivity (Wildman–Crippen MR) is 299 cm³/mol. The quantitative estimate of drug-likeness (QED) is 0.0446. The van der Waals surface area contributed by atoms with E-state index in [0.717, 1.165) is 25.9 Å². The van der Waals surface area contributed by atoms with Crippen molar-refractivity contribution >= 4 is 18.2 Å². The zero-order valence-electron chi connectivity index (χ0n) is 50.6. The largest absolute Gasteiger partial charge is 0.460 e. The summed E-state index contributed by atoms with van der Waals surface area (Å²) in [4.78, 5) is 33.1. The first-order valence-electron chi connectivity index (χ1n) is 28.5. The summed E-state index contributed by atoms with van der Waals surface area (Å²) in [7, 11) is 0. The number of rotatable bonds is 62. The summed E-state index contributed by atoms with van der Waals surface area (Å²) in [6.45, 7) is 28.8. The molecule has 0 rings (SSSR count). The van der Waals surface area contributed by atoms with Crippen LogP contribution in [0.15, 0.2) is 0 Å². The van der Waals surface area contributed by atoms with E-state index < -0.39 is 11.2 Å². The molecular formula is C55H111NO25. The minimum atomic E-state index is -0.470. The third-order valence-electron chi connectivity index (χ3n) is 8.95. The summed E-state index contributed by atoms with van der Waals surface area (Å²) in [5, 5.41) is 16.7. The monoisotopic (exact) mass is 1190 g/mol. The van der Waals surface area contributed by atoms with Gasteiger partial charge in [0.15, 0.2) is 0 Å². The molecule has 0 heterocycles. The molecule has 0 atom stereocenters. The molecule has 0 radical (unpaired) electrons. The fourth-order valence-electron chi connectivity index (χ4n) is 5.41. The lowest BCUT2D eigenvalue weighted by atomic mass is 10.2. The van der Waals surface area contributed by atoms with Gasteiger partial charge in [-0.05, 0) is 60.8 Å². The van der Waals surface area contributed by atoms with Crippen LogP contribution in [0.5, 0.6) is 0 Å². The molecule has 0 saturated heterocycles. The van der Waals surface area contributed by atoms with Crippen molar-refractivity contribution in [3.8, 4) is 0 Å². The normalized spacial score (nSPS) is 11.5. The van der Waals surface area contributed by atoms with Crippen LogP contribution < -0.4 is 5.73 Å². The highest BCUT2D eigenvalue weighted by atomic mass is 16.6. The Kier molecular flexibility index (Phi) is 72.0. The number of hydrogen-bond donors (Lipinski definition) is 3. The maximum absolute atomic E-state index is 11.5.